The van der Waals surface area contributed by atoms with Crippen LogP contribution in [0.4, 0.5) is 0 Å². The first kappa shape index (κ1) is 15.5. The third kappa shape index (κ3) is 8.79. The Morgan fingerprint density at radius 3 is 2.06 bits per heavy atom. The standard InChI is InChI=1S/C13H23NOS/c1-2-3-4-5-6-7-8-9-10-12(11-14)13(15)16/h12H,2-10H2,1H3,(H,15,16). The van der Waals surface area contributed by atoms with Gasteiger partial charge in [0.2, 0.25) is 5.12 Å². The van der Waals surface area contributed by atoms with Crippen LogP contribution in [0.5, 0.6) is 0 Å². The van der Waals surface area contributed by atoms with Crippen LogP contribution >= 0.6 is 12.6 Å². The number of unbranched alkanes of at least 4 members (excludes halogenated alkanes) is 7. The number of thiol groups is 1. The van der Waals surface area contributed by atoms with Crippen LogP contribution < -0.4 is 0 Å². The molecule has 0 aliphatic heterocycles. The lowest BCUT2D eigenvalue weighted by Gasteiger charge is -2.04. The maximum atomic E-state index is 10.9. The molecule has 0 aliphatic carbocycles. The predicted molar refractivity (Wildman–Crippen MR) is 70.3 cm³/mol. The van der Waals surface area contributed by atoms with Crippen molar-refractivity contribution in [2.24, 2.45) is 5.92 Å². The minimum absolute atomic E-state index is 0.287. The molecule has 0 spiro atoms. The summed E-state index contributed by atoms with van der Waals surface area (Å²) in [7, 11) is 0. The molecule has 3 heteroatoms. The normalized spacial score (nSPS) is 12.1. The molecule has 1 atom stereocenters. The van der Waals surface area contributed by atoms with E-state index >= 15 is 0 Å². The predicted octanol–water partition coefficient (Wildman–Crippen LogP) is 4.11. The van der Waals surface area contributed by atoms with Crippen LogP contribution in [0.3, 0.4) is 0 Å². The van der Waals surface area contributed by atoms with Crippen molar-refractivity contribution in [3.8, 4) is 6.07 Å². The number of hydrogen-bond acceptors (Lipinski definition) is 2. The maximum absolute atomic E-state index is 10.9. The second-order valence-corrected chi connectivity index (χ2v) is 4.72. The zero-order chi connectivity index (χ0) is 12.2. The van der Waals surface area contributed by atoms with Gasteiger partial charge in [0.1, 0.15) is 5.92 Å². The molecule has 0 N–H and O–H groups in total. The first-order valence-electron chi connectivity index (χ1n) is 6.34. The van der Waals surface area contributed by atoms with E-state index in [1.54, 1.807) is 0 Å². The van der Waals surface area contributed by atoms with Gasteiger partial charge < -0.3 is 0 Å². The molecular weight excluding hydrogens is 218 g/mol. The molecule has 0 saturated heterocycles. The van der Waals surface area contributed by atoms with Gasteiger partial charge in [-0.2, -0.15) is 5.26 Å². The summed E-state index contributed by atoms with van der Waals surface area (Å²) in [5.41, 5.74) is 0. The lowest BCUT2D eigenvalue weighted by atomic mass is 10.0. The number of hydrogen-bond donors (Lipinski definition) is 1. The Morgan fingerprint density at radius 1 is 1.12 bits per heavy atom. The van der Waals surface area contributed by atoms with E-state index < -0.39 is 5.92 Å². The van der Waals surface area contributed by atoms with E-state index in [4.69, 9.17) is 5.26 Å². The summed E-state index contributed by atoms with van der Waals surface area (Å²) < 4.78 is 0. The largest absolute Gasteiger partial charge is 0.286 e. The summed E-state index contributed by atoms with van der Waals surface area (Å²) in [6, 6.07) is 1.99. The van der Waals surface area contributed by atoms with Crippen molar-refractivity contribution in [1.82, 2.24) is 0 Å². The van der Waals surface area contributed by atoms with Crippen LogP contribution in [-0.4, -0.2) is 5.12 Å². The number of carbonyl (C=O) groups is 1. The highest BCUT2D eigenvalue weighted by molar-refractivity contribution is 7.96. The Balaban J connectivity index is 3.27. The Hall–Kier alpha value is -0.490. The first-order chi connectivity index (χ1) is 7.72. The van der Waals surface area contributed by atoms with Gasteiger partial charge in [0.05, 0.1) is 6.07 Å². The van der Waals surface area contributed by atoms with Crippen molar-refractivity contribution in [2.75, 3.05) is 0 Å². The van der Waals surface area contributed by atoms with Crippen LogP contribution in [0.15, 0.2) is 0 Å². The molecule has 0 fully saturated rings. The highest BCUT2D eigenvalue weighted by Gasteiger charge is 2.12. The van der Waals surface area contributed by atoms with Crippen molar-refractivity contribution in [1.29, 1.82) is 5.26 Å². The molecule has 0 saturated carbocycles. The summed E-state index contributed by atoms with van der Waals surface area (Å²) in [6.45, 7) is 2.22. The van der Waals surface area contributed by atoms with Crippen molar-refractivity contribution in [3.63, 3.8) is 0 Å². The lowest BCUT2D eigenvalue weighted by molar-refractivity contribution is -0.112. The van der Waals surface area contributed by atoms with Crippen LogP contribution in [-0.2, 0) is 4.79 Å². The van der Waals surface area contributed by atoms with Gasteiger partial charge in [-0.25, -0.2) is 0 Å². The zero-order valence-corrected chi connectivity index (χ0v) is 11.1. The monoisotopic (exact) mass is 241 g/mol. The van der Waals surface area contributed by atoms with Crippen LogP contribution in [0.25, 0.3) is 0 Å². The van der Waals surface area contributed by atoms with Gasteiger partial charge in [0.25, 0.3) is 0 Å². The topological polar surface area (TPSA) is 40.9 Å². The third-order valence-electron chi connectivity index (χ3n) is 2.80. The molecule has 0 heterocycles. The van der Waals surface area contributed by atoms with Crippen molar-refractivity contribution < 1.29 is 4.79 Å². The van der Waals surface area contributed by atoms with Crippen LogP contribution in [0, 0.1) is 17.2 Å². The quantitative estimate of drug-likeness (QED) is 0.462. The van der Waals surface area contributed by atoms with Gasteiger partial charge in [-0.05, 0) is 6.42 Å². The SMILES string of the molecule is CCCCCCCCCCC(C#N)C(=O)S. The average Bonchev–Trinajstić information content (AvgIpc) is 2.26. The van der Waals surface area contributed by atoms with E-state index in [1.807, 2.05) is 6.07 Å². The molecule has 92 valence electrons. The average molecular weight is 241 g/mol. The molecule has 0 rings (SSSR count). The van der Waals surface area contributed by atoms with Gasteiger partial charge in [0, 0.05) is 0 Å². The fraction of sp³-hybridized carbons (Fsp3) is 0.846. The van der Waals surface area contributed by atoms with Gasteiger partial charge in [0.15, 0.2) is 0 Å². The molecule has 0 aliphatic rings. The molecule has 0 amide bonds. The molecule has 2 nitrogen and oxygen atoms in total. The molecule has 0 bridgehead atoms. The van der Waals surface area contributed by atoms with E-state index in [0.29, 0.717) is 6.42 Å². The molecule has 0 aromatic carbocycles. The summed E-state index contributed by atoms with van der Waals surface area (Å²) in [4.78, 5) is 10.9. The van der Waals surface area contributed by atoms with Gasteiger partial charge >= 0.3 is 0 Å². The van der Waals surface area contributed by atoms with E-state index in [2.05, 4.69) is 19.6 Å². The van der Waals surface area contributed by atoms with Gasteiger partial charge in [-0.3, -0.25) is 4.79 Å². The number of carbonyl (C=O) groups excluding carboxylic acids is 1. The zero-order valence-electron chi connectivity index (χ0n) is 10.2. The Morgan fingerprint density at radius 2 is 1.62 bits per heavy atom. The summed E-state index contributed by atoms with van der Waals surface area (Å²) >= 11 is 3.69. The maximum Gasteiger partial charge on any atom is 0.203 e. The first-order valence-corrected chi connectivity index (χ1v) is 6.79. The van der Waals surface area contributed by atoms with Gasteiger partial charge in [-0.15, -0.1) is 12.6 Å². The summed E-state index contributed by atoms with van der Waals surface area (Å²) in [6.07, 6.45) is 10.6. The van der Waals surface area contributed by atoms with E-state index in [9.17, 15) is 4.79 Å². The Labute approximate surface area is 105 Å². The smallest absolute Gasteiger partial charge is 0.203 e. The second kappa shape index (κ2) is 11.0. The van der Waals surface area contributed by atoms with Crippen molar-refractivity contribution >= 4 is 17.7 Å². The van der Waals surface area contributed by atoms with Crippen LogP contribution in [0.2, 0.25) is 0 Å². The highest BCUT2D eigenvalue weighted by atomic mass is 32.1. The van der Waals surface area contributed by atoms with Crippen LogP contribution in [0.1, 0.15) is 64.7 Å². The summed E-state index contributed by atoms with van der Waals surface area (Å²) in [5.74, 6) is -0.497. The van der Waals surface area contributed by atoms with Crippen molar-refractivity contribution in [2.45, 2.75) is 64.7 Å². The minimum Gasteiger partial charge on any atom is -0.286 e. The molecule has 0 aromatic rings. The van der Waals surface area contributed by atoms with Crippen molar-refractivity contribution in [3.05, 3.63) is 0 Å². The fourth-order valence-corrected chi connectivity index (χ4v) is 1.91. The minimum atomic E-state index is -0.497. The number of rotatable bonds is 10. The third-order valence-corrected chi connectivity index (χ3v) is 3.11. The lowest BCUT2D eigenvalue weighted by Crippen LogP contribution is -2.05. The second-order valence-electron chi connectivity index (χ2n) is 4.28. The Kier molecular flexibility index (Phi) is 10.7. The summed E-state index contributed by atoms with van der Waals surface area (Å²) in [5, 5.41) is 8.39. The molecule has 0 radical (unpaired) electrons. The molecule has 16 heavy (non-hydrogen) atoms. The van der Waals surface area contributed by atoms with E-state index in [1.165, 1.54) is 38.5 Å². The van der Waals surface area contributed by atoms with E-state index in [-0.39, 0.29) is 5.12 Å². The molecule has 1 unspecified atom stereocenters. The Bertz CT molecular complexity index is 222. The highest BCUT2D eigenvalue weighted by Crippen LogP contribution is 2.14. The number of nitriles is 1. The van der Waals surface area contributed by atoms with E-state index in [0.717, 1.165) is 12.8 Å². The molecule has 0 aromatic heterocycles. The molecular formula is C13H23NOS. The fourth-order valence-electron chi connectivity index (χ4n) is 1.73. The van der Waals surface area contributed by atoms with Gasteiger partial charge in [-0.1, -0.05) is 58.3 Å². The number of nitrogens with zero attached hydrogens (tertiary/aromatic N) is 1.